The maximum atomic E-state index is 12.4. The fourth-order valence-electron chi connectivity index (χ4n) is 2.82. The number of hydrogen-bond donors (Lipinski definition) is 1. The molecule has 6 heteroatoms. The Morgan fingerprint density at radius 1 is 1.24 bits per heavy atom. The average Bonchev–Trinajstić information content (AvgIpc) is 2.63. The molecule has 2 rings (SSSR count). The molecule has 138 valence electrons. The maximum Gasteiger partial charge on any atom is 0.257 e. The van der Waals surface area contributed by atoms with Crippen molar-refractivity contribution in [2.45, 2.75) is 51.9 Å². The number of amides is 1. The zero-order valence-electron chi connectivity index (χ0n) is 14.9. The Hall–Kier alpha value is -1.14. The van der Waals surface area contributed by atoms with Gasteiger partial charge in [0.15, 0.2) is 5.11 Å². The number of benzene rings is 1. The summed E-state index contributed by atoms with van der Waals surface area (Å²) in [5, 5.41) is 3.36. The molecule has 1 saturated heterocycles. The van der Waals surface area contributed by atoms with Crippen molar-refractivity contribution in [1.29, 1.82) is 0 Å². The van der Waals surface area contributed by atoms with Gasteiger partial charge in [-0.15, -0.1) is 0 Å². The number of carbonyl (C=O) groups is 1. The van der Waals surface area contributed by atoms with Crippen LogP contribution in [0.25, 0.3) is 0 Å². The number of nitrogens with zero attached hydrogens (tertiary/aromatic N) is 1. The number of likely N-dealkylation sites (tertiary alicyclic amines) is 1. The van der Waals surface area contributed by atoms with Crippen molar-refractivity contribution >= 4 is 39.2 Å². The summed E-state index contributed by atoms with van der Waals surface area (Å²) in [6, 6.07) is 5.40. The normalized spacial score (nSPS) is 14.2. The fourth-order valence-corrected chi connectivity index (χ4v) is 3.58. The zero-order valence-corrected chi connectivity index (χ0v) is 17.3. The fraction of sp³-hybridized carbons (Fsp3) is 0.579. The molecule has 1 amide bonds. The zero-order chi connectivity index (χ0) is 18.1. The van der Waals surface area contributed by atoms with E-state index in [9.17, 15) is 4.79 Å². The molecule has 0 aromatic heterocycles. The van der Waals surface area contributed by atoms with Gasteiger partial charge in [0.1, 0.15) is 5.75 Å². The maximum absolute atomic E-state index is 12.4. The molecule has 1 aliphatic rings. The van der Waals surface area contributed by atoms with Gasteiger partial charge in [-0.25, -0.2) is 0 Å². The summed E-state index contributed by atoms with van der Waals surface area (Å²) in [5.74, 6) is 0.595. The standard InChI is InChI=1S/C19H27BrN2O2S/c1-2-3-4-8-13-24-17-10-9-15(14-16(17)20)18(23)21-19(25)22-11-6-5-7-12-22/h9-10,14H,2-8,11-13H2,1H3,(H,21,23,25). The first-order chi connectivity index (χ1) is 12.1. The minimum absolute atomic E-state index is 0.175. The Balaban J connectivity index is 1.85. The Labute approximate surface area is 164 Å². The van der Waals surface area contributed by atoms with E-state index in [2.05, 4.69) is 33.1 Å². The third-order valence-electron chi connectivity index (χ3n) is 4.31. The lowest BCUT2D eigenvalue weighted by molar-refractivity contribution is 0.0972. The summed E-state index contributed by atoms with van der Waals surface area (Å²) in [6.07, 6.45) is 8.18. The molecule has 0 saturated carbocycles. The topological polar surface area (TPSA) is 41.6 Å². The van der Waals surface area contributed by atoms with E-state index >= 15 is 0 Å². The SMILES string of the molecule is CCCCCCOc1ccc(C(=O)NC(=S)N2CCCCC2)cc1Br. The van der Waals surface area contributed by atoms with Crippen LogP contribution in [0.3, 0.4) is 0 Å². The number of rotatable bonds is 7. The second-order valence-corrected chi connectivity index (χ2v) is 7.60. The molecule has 1 aromatic rings. The van der Waals surface area contributed by atoms with Crippen LogP contribution in [0.4, 0.5) is 0 Å². The average molecular weight is 427 g/mol. The Morgan fingerprint density at radius 3 is 2.68 bits per heavy atom. The van der Waals surface area contributed by atoms with Crippen molar-refractivity contribution in [3.05, 3.63) is 28.2 Å². The molecular weight excluding hydrogens is 400 g/mol. The van der Waals surface area contributed by atoms with Gasteiger partial charge in [0.25, 0.3) is 5.91 Å². The summed E-state index contributed by atoms with van der Waals surface area (Å²) in [7, 11) is 0. The molecule has 0 aliphatic carbocycles. The highest BCUT2D eigenvalue weighted by Gasteiger charge is 2.17. The number of piperidine rings is 1. The molecule has 0 radical (unpaired) electrons. The van der Waals surface area contributed by atoms with E-state index in [-0.39, 0.29) is 5.91 Å². The van der Waals surface area contributed by atoms with Crippen LogP contribution >= 0.6 is 28.1 Å². The Morgan fingerprint density at radius 2 is 2.00 bits per heavy atom. The molecular formula is C19H27BrN2O2S. The van der Waals surface area contributed by atoms with Gasteiger partial charge in [0, 0.05) is 18.7 Å². The van der Waals surface area contributed by atoms with Gasteiger partial charge in [-0.2, -0.15) is 0 Å². The lowest BCUT2D eigenvalue weighted by Crippen LogP contribution is -2.44. The van der Waals surface area contributed by atoms with Gasteiger partial charge in [-0.05, 0) is 72.0 Å². The first-order valence-electron chi connectivity index (χ1n) is 9.14. The quantitative estimate of drug-likeness (QED) is 0.496. The minimum atomic E-state index is -0.175. The van der Waals surface area contributed by atoms with E-state index in [4.69, 9.17) is 17.0 Å². The van der Waals surface area contributed by atoms with E-state index in [0.717, 1.165) is 42.6 Å². The predicted molar refractivity (Wildman–Crippen MR) is 109 cm³/mol. The Bertz CT molecular complexity index is 589. The summed E-state index contributed by atoms with van der Waals surface area (Å²) in [6.45, 7) is 4.74. The van der Waals surface area contributed by atoms with Crippen molar-refractivity contribution in [1.82, 2.24) is 10.2 Å². The van der Waals surface area contributed by atoms with Crippen LogP contribution in [0.1, 0.15) is 62.2 Å². The van der Waals surface area contributed by atoms with Gasteiger partial charge in [0.2, 0.25) is 0 Å². The summed E-state index contributed by atoms with van der Waals surface area (Å²) in [4.78, 5) is 14.5. The number of halogens is 1. The third kappa shape index (κ3) is 6.59. The van der Waals surface area contributed by atoms with Crippen LogP contribution in [0.15, 0.2) is 22.7 Å². The van der Waals surface area contributed by atoms with Gasteiger partial charge in [-0.1, -0.05) is 26.2 Å². The largest absolute Gasteiger partial charge is 0.492 e. The summed E-state index contributed by atoms with van der Waals surface area (Å²) < 4.78 is 6.57. The molecule has 1 aromatic carbocycles. The van der Waals surface area contributed by atoms with Crippen molar-refractivity contribution in [3.8, 4) is 5.75 Å². The van der Waals surface area contributed by atoms with Gasteiger partial charge in [0.05, 0.1) is 11.1 Å². The molecule has 0 atom stereocenters. The number of unbranched alkanes of at least 4 members (excludes halogenated alkanes) is 3. The van der Waals surface area contributed by atoms with E-state index in [1.54, 1.807) is 12.1 Å². The van der Waals surface area contributed by atoms with Crippen LogP contribution in [0.2, 0.25) is 0 Å². The van der Waals surface area contributed by atoms with Crippen molar-refractivity contribution < 1.29 is 9.53 Å². The molecule has 1 heterocycles. The Kier molecular flexibility index (Phi) is 8.68. The molecule has 1 fully saturated rings. The van der Waals surface area contributed by atoms with Crippen LogP contribution < -0.4 is 10.1 Å². The molecule has 4 nitrogen and oxygen atoms in total. The highest BCUT2D eigenvalue weighted by molar-refractivity contribution is 9.10. The summed E-state index contributed by atoms with van der Waals surface area (Å²) in [5.41, 5.74) is 0.574. The van der Waals surface area contributed by atoms with E-state index in [1.807, 2.05) is 6.07 Å². The second-order valence-electron chi connectivity index (χ2n) is 6.36. The first kappa shape index (κ1) is 20.2. The van der Waals surface area contributed by atoms with Crippen molar-refractivity contribution in [2.24, 2.45) is 0 Å². The minimum Gasteiger partial charge on any atom is -0.492 e. The lowest BCUT2D eigenvalue weighted by atomic mass is 10.1. The van der Waals surface area contributed by atoms with Crippen LogP contribution in [-0.2, 0) is 0 Å². The molecule has 0 spiro atoms. The van der Waals surface area contributed by atoms with E-state index in [1.165, 1.54) is 25.7 Å². The molecule has 1 aliphatic heterocycles. The van der Waals surface area contributed by atoms with Gasteiger partial charge >= 0.3 is 0 Å². The number of ether oxygens (including phenoxy) is 1. The van der Waals surface area contributed by atoms with Gasteiger partial charge in [-0.3, -0.25) is 10.1 Å². The van der Waals surface area contributed by atoms with E-state index < -0.39 is 0 Å². The number of nitrogens with one attached hydrogen (secondary N) is 1. The number of thiocarbonyl (C=S) groups is 1. The lowest BCUT2D eigenvalue weighted by Gasteiger charge is -2.28. The van der Waals surface area contributed by atoms with Crippen molar-refractivity contribution in [2.75, 3.05) is 19.7 Å². The van der Waals surface area contributed by atoms with Crippen molar-refractivity contribution in [3.63, 3.8) is 0 Å². The molecule has 1 N–H and O–H groups in total. The molecule has 0 unspecified atom stereocenters. The van der Waals surface area contributed by atoms with E-state index in [0.29, 0.717) is 17.3 Å². The predicted octanol–water partition coefficient (Wildman–Crippen LogP) is 4.91. The molecule has 0 bridgehead atoms. The monoisotopic (exact) mass is 426 g/mol. The summed E-state index contributed by atoms with van der Waals surface area (Å²) >= 11 is 8.85. The first-order valence-corrected chi connectivity index (χ1v) is 10.3. The number of hydrogen-bond acceptors (Lipinski definition) is 3. The third-order valence-corrected chi connectivity index (χ3v) is 5.29. The van der Waals surface area contributed by atoms with Crippen LogP contribution in [-0.4, -0.2) is 35.6 Å². The molecule has 25 heavy (non-hydrogen) atoms. The van der Waals surface area contributed by atoms with Crippen LogP contribution in [0, 0.1) is 0 Å². The highest BCUT2D eigenvalue weighted by atomic mass is 79.9. The van der Waals surface area contributed by atoms with Crippen LogP contribution in [0.5, 0.6) is 5.75 Å². The smallest absolute Gasteiger partial charge is 0.257 e. The number of carbonyl (C=O) groups excluding carboxylic acids is 1. The van der Waals surface area contributed by atoms with Gasteiger partial charge < -0.3 is 9.64 Å². The highest BCUT2D eigenvalue weighted by Crippen LogP contribution is 2.26. The second kappa shape index (κ2) is 10.8.